The minimum atomic E-state index is -0.419. The zero-order chi connectivity index (χ0) is 15.5. The molecule has 2 amide bonds. The molecule has 0 fully saturated rings. The van der Waals surface area contributed by atoms with Crippen molar-refractivity contribution in [1.29, 1.82) is 0 Å². The third kappa shape index (κ3) is 2.98. The smallest absolute Gasteiger partial charge is 0.244 e. The maximum absolute atomic E-state index is 13.1. The summed E-state index contributed by atoms with van der Waals surface area (Å²) in [5.41, 5.74) is 2.21. The molecule has 0 radical (unpaired) electrons. The fourth-order valence-corrected chi connectivity index (χ4v) is 2.58. The molecule has 0 aliphatic carbocycles. The molecule has 1 N–H and O–H groups in total. The van der Waals surface area contributed by atoms with Crippen LogP contribution in [0.5, 0.6) is 0 Å². The van der Waals surface area contributed by atoms with Gasteiger partial charge < -0.3 is 10.2 Å². The highest BCUT2D eigenvalue weighted by Crippen LogP contribution is 2.27. The Labute approximate surface area is 127 Å². The molecule has 2 aromatic rings. The standard InChI is InChI=1S/C17H15FN2O2/c18-13-5-3-6-14(10-13)19-16(21)11-20-15-7-2-1-4-12(15)8-9-17(20)22/h1-7,10H,8-9,11H2,(H,19,21). The number of benzene rings is 2. The third-order valence-electron chi connectivity index (χ3n) is 3.60. The van der Waals surface area contributed by atoms with Crippen LogP contribution in [-0.4, -0.2) is 18.4 Å². The van der Waals surface area contributed by atoms with Gasteiger partial charge in [-0.1, -0.05) is 24.3 Å². The summed E-state index contributed by atoms with van der Waals surface area (Å²) in [5, 5.41) is 2.61. The normalized spacial score (nSPS) is 13.7. The molecule has 1 heterocycles. The first-order chi connectivity index (χ1) is 10.6. The highest BCUT2D eigenvalue weighted by atomic mass is 19.1. The summed E-state index contributed by atoms with van der Waals surface area (Å²) in [7, 11) is 0. The van der Waals surface area contributed by atoms with Crippen molar-refractivity contribution in [3.63, 3.8) is 0 Å². The number of halogens is 1. The molecule has 1 aliphatic heterocycles. The lowest BCUT2D eigenvalue weighted by atomic mass is 10.0. The first-order valence-electron chi connectivity index (χ1n) is 7.07. The van der Waals surface area contributed by atoms with Crippen LogP contribution in [0.15, 0.2) is 48.5 Å². The Kier molecular flexibility index (Phi) is 3.87. The lowest BCUT2D eigenvalue weighted by molar-refractivity contribution is -0.121. The summed E-state index contributed by atoms with van der Waals surface area (Å²) in [4.78, 5) is 25.7. The number of aryl methyl sites for hydroxylation is 1. The number of amides is 2. The van der Waals surface area contributed by atoms with Gasteiger partial charge in [0, 0.05) is 17.8 Å². The van der Waals surface area contributed by atoms with E-state index in [0.29, 0.717) is 18.5 Å². The van der Waals surface area contributed by atoms with Crippen LogP contribution in [0.25, 0.3) is 0 Å². The molecule has 4 nitrogen and oxygen atoms in total. The molecule has 1 aliphatic rings. The van der Waals surface area contributed by atoms with Gasteiger partial charge in [-0.25, -0.2) is 4.39 Å². The molecular weight excluding hydrogens is 283 g/mol. The fourth-order valence-electron chi connectivity index (χ4n) is 2.58. The molecule has 0 aromatic heterocycles. The molecule has 0 atom stereocenters. The number of carbonyl (C=O) groups is 2. The van der Waals surface area contributed by atoms with E-state index in [0.717, 1.165) is 11.3 Å². The van der Waals surface area contributed by atoms with E-state index < -0.39 is 5.82 Å². The van der Waals surface area contributed by atoms with E-state index in [9.17, 15) is 14.0 Å². The number of rotatable bonds is 3. The number of hydrogen-bond donors (Lipinski definition) is 1. The van der Waals surface area contributed by atoms with Gasteiger partial charge in [-0.3, -0.25) is 9.59 Å². The minimum absolute atomic E-state index is 0.0758. The maximum atomic E-state index is 13.1. The van der Waals surface area contributed by atoms with Gasteiger partial charge in [-0.2, -0.15) is 0 Å². The number of carbonyl (C=O) groups excluding carboxylic acids is 2. The summed E-state index contributed by atoms with van der Waals surface area (Å²) in [5.74, 6) is -0.846. The Morgan fingerprint density at radius 3 is 2.77 bits per heavy atom. The molecule has 0 spiro atoms. The second-order valence-electron chi connectivity index (χ2n) is 5.17. The van der Waals surface area contributed by atoms with Gasteiger partial charge in [0.05, 0.1) is 0 Å². The van der Waals surface area contributed by atoms with E-state index in [1.807, 2.05) is 24.3 Å². The van der Waals surface area contributed by atoms with Gasteiger partial charge in [-0.15, -0.1) is 0 Å². The predicted octanol–water partition coefficient (Wildman–Crippen LogP) is 2.74. The van der Waals surface area contributed by atoms with Crippen molar-refractivity contribution in [2.24, 2.45) is 0 Å². The molecule has 0 saturated heterocycles. The number of nitrogens with one attached hydrogen (secondary N) is 1. The quantitative estimate of drug-likeness (QED) is 0.947. The second kappa shape index (κ2) is 5.97. The van der Waals surface area contributed by atoms with Crippen LogP contribution in [-0.2, 0) is 16.0 Å². The van der Waals surface area contributed by atoms with Crippen LogP contribution < -0.4 is 10.2 Å². The summed E-state index contributed by atoms with van der Waals surface area (Å²) in [6, 6.07) is 13.2. The van der Waals surface area contributed by atoms with E-state index in [1.54, 1.807) is 6.07 Å². The third-order valence-corrected chi connectivity index (χ3v) is 3.60. The van der Waals surface area contributed by atoms with Crippen LogP contribution in [0, 0.1) is 5.82 Å². The van der Waals surface area contributed by atoms with Gasteiger partial charge in [0.25, 0.3) is 0 Å². The molecule has 0 bridgehead atoms. The van der Waals surface area contributed by atoms with Crippen molar-refractivity contribution in [1.82, 2.24) is 0 Å². The number of anilines is 2. The van der Waals surface area contributed by atoms with Crippen LogP contribution in [0.3, 0.4) is 0 Å². The first-order valence-corrected chi connectivity index (χ1v) is 7.07. The molecule has 0 saturated carbocycles. The predicted molar refractivity (Wildman–Crippen MR) is 82.1 cm³/mol. The summed E-state index contributed by atoms with van der Waals surface area (Å²) < 4.78 is 13.1. The average Bonchev–Trinajstić information content (AvgIpc) is 2.50. The number of para-hydroxylation sites is 1. The zero-order valence-corrected chi connectivity index (χ0v) is 11.9. The van der Waals surface area contributed by atoms with Gasteiger partial charge in [-0.05, 0) is 36.2 Å². The summed E-state index contributed by atoms with van der Waals surface area (Å²) in [6.45, 7) is -0.0770. The van der Waals surface area contributed by atoms with E-state index in [4.69, 9.17) is 0 Å². The van der Waals surface area contributed by atoms with Crippen molar-refractivity contribution < 1.29 is 14.0 Å². The number of fused-ring (bicyclic) bond motifs is 1. The van der Waals surface area contributed by atoms with E-state index >= 15 is 0 Å². The Hall–Kier alpha value is -2.69. The Morgan fingerprint density at radius 1 is 1.14 bits per heavy atom. The van der Waals surface area contributed by atoms with E-state index in [-0.39, 0.29) is 18.4 Å². The van der Waals surface area contributed by atoms with Crippen LogP contribution in [0.4, 0.5) is 15.8 Å². The van der Waals surface area contributed by atoms with Crippen molar-refractivity contribution in [3.05, 3.63) is 59.9 Å². The Bertz CT molecular complexity index is 730. The molecule has 22 heavy (non-hydrogen) atoms. The summed E-state index contributed by atoms with van der Waals surface area (Å²) in [6.07, 6.45) is 1.08. The lowest BCUT2D eigenvalue weighted by Gasteiger charge is -2.28. The average molecular weight is 298 g/mol. The molecule has 2 aromatic carbocycles. The number of nitrogens with zero attached hydrogens (tertiary/aromatic N) is 1. The van der Waals surface area contributed by atoms with Gasteiger partial charge >= 0.3 is 0 Å². The molecule has 112 valence electrons. The zero-order valence-electron chi connectivity index (χ0n) is 11.9. The maximum Gasteiger partial charge on any atom is 0.244 e. The van der Waals surface area contributed by atoms with Gasteiger partial charge in [0.15, 0.2) is 0 Å². The SMILES string of the molecule is O=C(CN1C(=O)CCc2ccccc21)Nc1cccc(F)c1. The van der Waals surface area contributed by atoms with E-state index in [2.05, 4.69) is 5.32 Å². The first kappa shape index (κ1) is 14.3. The fraction of sp³-hybridized carbons (Fsp3) is 0.176. The van der Waals surface area contributed by atoms with Crippen molar-refractivity contribution in [3.8, 4) is 0 Å². The van der Waals surface area contributed by atoms with Crippen LogP contribution in [0.1, 0.15) is 12.0 Å². The minimum Gasteiger partial charge on any atom is -0.324 e. The largest absolute Gasteiger partial charge is 0.324 e. The van der Waals surface area contributed by atoms with Crippen LogP contribution in [0.2, 0.25) is 0 Å². The second-order valence-corrected chi connectivity index (χ2v) is 5.17. The molecule has 5 heteroatoms. The molecular formula is C17H15FN2O2. The summed E-state index contributed by atoms with van der Waals surface area (Å²) >= 11 is 0. The van der Waals surface area contributed by atoms with Crippen molar-refractivity contribution >= 4 is 23.2 Å². The molecule has 3 rings (SSSR count). The van der Waals surface area contributed by atoms with Crippen LogP contribution >= 0.6 is 0 Å². The monoisotopic (exact) mass is 298 g/mol. The van der Waals surface area contributed by atoms with E-state index in [1.165, 1.54) is 23.1 Å². The highest BCUT2D eigenvalue weighted by Gasteiger charge is 2.25. The lowest BCUT2D eigenvalue weighted by Crippen LogP contribution is -2.40. The van der Waals surface area contributed by atoms with Crippen molar-refractivity contribution in [2.75, 3.05) is 16.8 Å². The number of hydrogen-bond acceptors (Lipinski definition) is 2. The highest BCUT2D eigenvalue weighted by molar-refractivity contribution is 6.04. The van der Waals surface area contributed by atoms with Gasteiger partial charge in [0.2, 0.25) is 11.8 Å². The topological polar surface area (TPSA) is 49.4 Å². The van der Waals surface area contributed by atoms with Crippen molar-refractivity contribution in [2.45, 2.75) is 12.8 Å². The van der Waals surface area contributed by atoms with Gasteiger partial charge in [0.1, 0.15) is 12.4 Å². The molecule has 0 unspecified atom stereocenters. The Morgan fingerprint density at radius 2 is 1.95 bits per heavy atom. The Balaban J connectivity index is 1.75.